The lowest BCUT2D eigenvalue weighted by atomic mass is 10.1. The van der Waals surface area contributed by atoms with Gasteiger partial charge < -0.3 is 10.8 Å². The first-order chi connectivity index (χ1) is 5.24. The molecule has 7 heteroatoms. The molecule has 0 rings (SSSR count). The van der Waals surface area contributed by atoms with Gasteiger partial charge >= 0.3 is 5.97 Å². The van der Waals surface area contributed by atoms with Crippen molar-refractivity contribution in [2.45, 2.75) is 13.0 Å². The molecular formula is C5H11NO5S. The summed E-state index contributed by atoms with van der Waals surface area (Å²) in [6, 6.07) is -1.27. The molecule has 0 saturated carbocycles. The minimum atomic E-state index is -4.15. The highest BCUT2D eigenvalue weighted by atomic mass is 32.2. The van der Waals surface area contributed by atoms with Gasteiger partial charge in [0.2, 0.25) is 0 Å². The Balaban J connectivity index is 4.23. The number of hydrogen-bond acceptors (Lipinski definition) is 4. The molecule has 0 aliphatic carbocycles. The maximum absolute atomic E-state index is 10.3. The lowest BCUT2D eigenvalue weighted by molar-refractivity contribution is -0.139. The molecule has 0 radical (unpaired) electrons. The average Bonchev–Trinajstić information content (AvgIpc) is 1.82. The van der Waals surface area contributed by atoms with Crippen LogP contribution in [-0.4, -0.2) is 35.8 Å². The summed E-state index contributed by atoms with van der Waals surface area (Å²) >= 11 is 0. The molecular weight excluding hydrogens is 186 g/mol. The SMILES string of the molecule is CC(CS(=O)(=O)O)C(N)C(=O)O. The minimum absolute atomic E-state index is 0.638. The first kappa shape index (κ1) is 11.3. The zero-order chi connectivity index (χ0) is 9.94. The van der Waals surface area contributed by atoms with Gasteiger partial charge in [-0.05, 0) is 5.92 Å². The lowest BCUT2D eigenvalue weighted by Crippen LogP contribution is -2.39. The van der Waals surface area contributed by atoms with Gasteiger partial charge in [0.25, 0.3) is 10.1 Å². The summed E-state index contributed by atoms with van der Waals surface area (Å²) in [4.78, 5) is 10.2. The Bertz CT molecular complexity index is 259. The van der Waals surface area contributed by atoms with Gasteiger partial charge in [0.05, 0.1) is 5.75 Å². The van der Waals surface area contributed by atoms with E-state index >= 15 is 0 Å². The molecule has 6 nitrogen and oxygen atoms in total. The highest BCUT2D eigenvalue weighted by Gasteiger charge is 2.24. The van der Waals surface area contributed by atoms with Crippen LogP contribution in [0.25, 0.3) is 0 Å². The number of carboxylic acid groups (broad SMARTS) is 1. The first-order valence-corrected chi connectivity index (χ1v) is 4.78. The largest absolute Gasteiger partial charge is 0.480 e. The molecule has 0 aromatic heterocycles. The molecule has 0 heterocycles. The van der Waals surface area contributed by atoms with Gasteiger partial charge in [-0.3, -0.25) is 9.35 Å². The zero-order valence-electron chi connectivity index (χ0n) is 6.47. The van der Waals surface area contributed by atoms with Gasteiger partial charge in [-0.15, -0.1) is 0 Å². The molecule has 0 aliphatic heterocycles. The molecule has 0 bridgehead atoms. The van der Waals surface area contributed by atoms with Gasteiger partial charge in [-0.1, -0.05) is 6.92 Å². The second kappa shape index (κ2) is 3.83. The molecule has 0 amide bonds. The van der Waals surface area contributed by atoms with Gasteiger partial charge in [0.15, 0.2) is 0 Å². The van der Waals surface area contributed by atoms with Crippen molar-refractivity contribution in [1.82, 2.24) is 0 Å². The summed E-state index contributed by atoms with van der Waals surface area (Å²) in [6.45, 7) is 1.34. The van der Waals surface area contributed by atoms with Crippen LogP contribution in [0.4, 0.5) is 0 Å². The van der Waals surface area contributed by atoms with Gasteiger partial charge in [0, 0.05) is 0 Å². The second-order valence-corrected chi connectivity index (χ2v) is 4.09. The Morgan fingerprint density at radius 3 is 2.25 bits per heavy atom. The normalized spacial score (nSPS) is 16.9. The Hall–Kier alpha value is -0.660. The van der Waals surface area contributed by atoms with E-state index in [1.54, 1.807) is 0 Å². The molecule has 72 valence electrons. The highest BCUT2D eigenvalue weighted by molar-refractivity contribution is 7.85. The summed E-state index contributed by atoms with van der Waals surface area (Å²) in [6.07, 6.45) is 0. The summed E-state index contributed by atoms with van der Waals surface area (Å²) in [5.74, 6) is -2.73. The van der Waals surface area contributed by atoms with Crippen LogP contribution >= 0.6 is 0 Å². The Kier molecular flexibility index (Phi) is 3.62. The van der Waals surface area contributed by atoms with Crippen molar-refractivity contribution in [2.24, 2.45) is 11.7 Å². The molecule has 4 N–H and O–H groups in total. The van der Waals surface area contributed by atoms with Crippen LogP contribution in [0.3, 0.4) is 0 Å². The minimum Gasteiger partial charge on any atom is -0.480 e. The van der Waals surface area contributed by atoms with Crippen molar-refractivity contribution < 1.29 is 22.9 Å². The number of aliphatic carboxylic acids is 1. The number of carbonyl (C=O) groups is 1. The molecule has 2 atom stereocenters. The van der Waals surface area contributed by atoms with Gasteiger partial charge in [0.1, 0.15) is 6.04 Å². The standard InChI is InChI=1S/C5H11NO5S/c1-3(2-12(9,10)11)4(6)5(7)8/h3-4H,2,6H2,1H3,(H,7,8)(H,9,10,11). The van der Waals surface area contributed by atoms with E-state index in [1.165, 1.54) is 6.92 Å². The fraction of sp³-hybridized carbons (Fsp3) is 0.800. The van der Waals surface area contributed by atoms with E-state index in [1.807, 2.05) is 0 Å². The Morgan fingerprint density at radius 2 is 2.00 bits per heavy atom. The Labute approximate surface area is 70.1 Å². The summed E-state index contributed by atoms with van der Waals surface area (Å²) in [7, 11) is -4.15. The summed E-state index contributed by atoms with van der Waals surface area (Å²) in [5.41, 5.74) is 5.09. The quantitative estimate of drug-likeness (QED) is 0.493. The monoisotopic (exact) mass is 197 g/mol. The van der Waals surface area contributed by atoms with E-state index in [4.69, 9.17) is 15.4 Å². The molecule has 0 aromatic carbocycles. The molecule has 0 fully saturated rings. The van der Waals surface area contributed by atoms with Crippen LogP contribution < -0.4 is 5.73 Å². The van der Waals surface area contributed by atoms with E-state index in [0.29, 0.717) is 0 Å². The molecule has 0 aliphatic rings. The van der Waals surface area contributed by atoms with E-state index in [2.05, 4.69) is 0 Å². The lowest BCUT2D eigenvalue weighted by Gasteiger charge is -2.13. The van der Waals surface area contributed by atoms with Crippen molar-refractivity contribution in [3.63, 3.8) is 0 Å². The fourth-order valence-electron chi connectivity index (χ4n) is 0.679. The van der Waals surface area contributed by atoms with Crippen LogP contribution in [0.15, 0.2) is 0 Å². The predicted molar refractivity (Wildman–Crippen MR) is 41.2 cm³/mol. The fourth-order valence-corrected chi connectivity index (χ4v) is 1.55. The average molecular weight is 197 g/mol. The zero-order valence-corrected chi connectivity index (χ0v) is 7.28. The Morgan fingerprint density at radius 1 is 1.58 bits per heavy atom. The predicted octanol–water partition coefficient (Wildman–Crippen LogP) is -1.08. The molecule has 12 heavy (non-hydrogen) atoms. The van der Waals surface area contributed by atoms with E-state index in [-0.39, 0.29) is 0 Å². The summed E-state index contributed by atoms with van der Waals surface area (Å²) < 4.78 is 28.9. The van der Waals surface area contributed by atoms with Crippen LogP contribution in [0, 0.1) is 5.92 Å². The third kappa shape index (κ3) is 4.27. The van der Waals surface area contributed by atoms with Crippen molar-refractivity contribution >= 4 is 16.1 Å². The second-order valence-electron chi connectivity index (χ2n) is 2.59. The molecule has 0 aromatic rings. The first-order valence-electron chi connectivity index (χ1n) is 3.17. The van der Waals surface area contributed by atoms with Gasteiger partial charge in [-0.2, -0.15) is 8.42 Å². The molecule has 2 unspecified atom stereocenters. The van der Waals surface area contributed by atoms with Crippen LogP contribution in [0.5, 0.6) is 0 Å². The number of rotatable bonds is 4. The van der Waals surface area contributed by atoms with E-state index in [0.717, 1.165) is 0 Å². The third-order valence-electron chi connectivity index (χ3n) is 1.37. The summed E-state index contributed by atoms with van der Waals surface area (Å²) in [5, 5.41) is 8.35. The molecule has 0 saturated heterocycles. The number of hydrogen-bond donors (Lipinski definition) is 3. The highest BCUT2D eigenvalue weighted by Crippen LogP contribution is 2.03. The third-order valence-corrected chi connectivity index (χ3v) is 2.32. The number of nitrogens with two attached hydrogens (primary N) is 1. The van der Waals surface area contributed by atoms with Crippen molar-refractivity contribution in [3.05, 3.63) is 0 Å². The van der Waals surface area contributed by atoms with Crippen LogP contribution in [0.2, 0.25) is 0 Å². The van der Waals surface area contributed by atoms with E-state index in [9.17, 15) is 13.2 Å². The van der Waals surface area contributed by atoms with E-state index < -0.39 is 33.8 Å². The smallest absolute Gasteiger partial charge is 0.320 e. The molecule has 0 spiro atoms. The number of carboxylic acids is 1. The van der Waals surface area contributed by atoms with Gasteiger partial charge in [-0.25, -0.2) is 0 Å². The van der Waals surface area contributed by atoms with Crippen LogP contribution in [-0.2, 0) is 14.9 Å². The maximum Gasteiger partial charge on any atom is 0.320 e. The van der Waals surface area contributed by atoms with Crippen molar-refractivity contribution in [3.8, 4) is 0 Å². The topological polar surface area (TPSA) is 118 Å². The van der Waals surface area contributed by atoms with Crippen molar-refractivity contribution in [1.29, 1.82) is 0 Å². The maximum atomic E-state index is 10.3. The van der Waals surface area contributed by atoms with Crippen LogP contribution in [0.1, 0.15) is 6.92 Å². The van der Waals surface area contributed by atoms with Crippen molar-refractivity contribution in [2.75, 3.05) is 5.75 Å².